The monoisotopic (exact) mass is 369 g/mol. The summed E-state index contributed by atoms with van der Waals surface area (Å²) in [5, 5.41) is 3.67. The maximum Gasteiger partial charge on any atom is 0.161 e. The van der Waals surface area contributed by atoms with Crippen LogP contribution in [0, 0.1) is 5.41 Å². The Balaban J connectivity index is 1.93. The Morgan fingerprint density at radius 3 is 2.19 bits per heavy atom. The van der Waals surface area contributed by atoms with E-state index in [1.165, 1.54) is 11.1 Å². The van der Waals surface area contributed by atoms with Gasteiger partial charge in [-0.25, -0.2) is 0 Å². The van der Waals surface area contributed by atoms with Gasteiger partial charge in [0.05, 0.1) is 13.7 Å². The van der Waals surface area contributed by atoms with E-state index < -0.39 is 0 Å². The summed E-state index contributed by atoms with van der Waals surface area (Å²) in [4.78, 5) is 0. The third-order valence-electron chi connectivity index (χ3n) is 4.46. The van der Waals surface area contributed by atoms with Crippen LogP contribution in [0.1, 0.15) is 52.2 Å². The number of hydrogen-bond acceptors (Lipinski definition) is 3. The minimum Gasteiger partial charge on any atom is -0.493 e. The van der Waals surface area contributed by atoms with Crippen LogP contribution in [0.2, 0.25) is 0 Å². The van der Waals surface area contributed by atoms with Gasteiger partial charge in [-0.3, -0.25) is 0 Å². The Morgan fingerprint density at radius 1 is 0.852 bits per heavy atom. The second-order valence-corrected chi connectivity index (χ2v) is 9.04. The van der Waals surface area contributed by atoms with Gasteiger partial charge < -0.3 is 14.8 Å². The third-order valence-corrected chi connectivity index (χ3v) is 4.46. The smallest absolute Gasteiger partial charge is 0.161 e. The van der Waals surface area contributed by atoms with Crippen LogP contribution in [0.4, 0.5) is 0 Å². The van der Waals surface area contributed by atoms with Crippen molar-refractivity contribution < 1.29 is 9.47 Å². The van der Waals surface area contributed by atoms with Gasteiger partial charge in [0, 0.05) is 18.5 Å². The quantitative estimate of drug-likeness (QED) is 0.622. The highest BCUT2D eigenvalue weighted by Gasteiger charge is 2.24. The van der Waals surface area contributed by atoms with Crippen LogP contribution in [0.3, 0.4) is 0 Å². The lowest BCUT2D eigenvalue weighted by atomic mass is 9.82. The Kier molecular flexibility index (Phi) is 7.32. The number of hydrogen-bond donors (Lipinski definition) is 1. The molecule has 0 amide bonds. The molecule has 3 heteroatoms. The Bertz CT molecular complexity index is 702. The first kappa shape index (κ1) is 21.3. The standard InChI is InChI=1S/C24H35NO2/c1-23(2,3)18-24(4,5)25-17-20-12-13-21(22(16-20)26-6)27-15-14-19-10-8-7-9-11-19/h7-13,16,25H,14-15,17-18H2,1-6H3. The average Bonchev–Trinajstić information content (AvgIpc) is 2.59. The van der Waals surface area contributed by atoms with E-state index in [0.29, 0.717) is 12.0 Å². The fraction of sp³-hybridized carbons (Fsp3) is 0.500. The molecule has 148 valence electrons. The average molecular weight is 370 g/mol. The summed E-state index contributed by atoms with van der Waals surface area (Å²) >= 11 is 0. The summed E-state index contributed by atoms with van der Waals surface area (Å²) in [6.45, 7) is 12.8. The molecule has 1 N–H and O–H groups in total. The molecular formula is C24H35NO2. The molecule has 0 aliphatic heterocycles. The van der Waals surface area contributed by atoms with Gasteiger partial charge in [-0.1, -0.05) is 57.2 Å². The molecule has 2 aromatic rings. The van der Waals surface area contributed by atoms with Gasteiger partial charge in [-0.15, -0.1) is 0 Å². The number of benzene rings is 2. The lowest BCUT2D eigenvalue weighted by Crippen LogP contribution is -2.41. The summed E-state index contributed by atoms with van der Waals surface area (Å²) in [6, 6.07) is 16.6. The zero-order chi connectivity index (χ0) is 19.9. The number of rotatable bonds is 9. The summed E-state index contributed by atoms with van der Waals surface area (Å²) in [5.74, 6) is 1.59. The molecule has 0 radical (unpaired) electrons. The van der Waals surface area contributed by atoms with E-state index in [0.717, 1.165) is 30.9 Å². The summed E-state index contributed by atoms with van der Waals surface area (Å²) in [5.41, 5.74) is 2.85. The Morgan fingerprint density at radius 2 is 1.56 bits per heavy atom. The van der Waals surface area contributed by atoms with Crippen molar-refractivity contribution in [3.8, 4) is 11.5 Å². The lowest BCUT2D eigenvalue weighted by Gasteiger charge is -2.33. The molecule has 0 bridgehead atoms. The van der Waals surface area contributed by atoms with Crippen LogP contribution >= 0.6 is 0 Å². The molecule has 0 unspecified atom stereocenters. The molecule has 27 heavy (non-hydrogen) atoms. The van der Waals surface area contributed by atoms with Gasteiger partial charge in [0.25, 0.3) is 0 Å². The fourth-order valence-electron chi connectivity index (χ4n) is 3.59. The van der Waals surface area contributed by atoms with E-state index in [1.54, 1.807) is 7.11 Å². The molecule has 2 aromatic carbocycles. The minimum absolute atomic E-state index is 0.0797. The molecule has 0 aromatic heterocycles. The van der Waals surface area contributed by atoms with E-state index >= 15 is 0 Å². The van der Waals surface area contributed by atoms with Gasteiger partial charge in [0.2, 0.25) is 0 Å². The molecule has 3 nitrogen and oxygen atoms in total. The highest BCUT2D eigenvalue weighted by atomic mass is 16.5. The molecule has 0 aliphatic rings. The zero-order valence-corrected chi connectivity index (χ0v) is 17.8. The molecule has 0 aliphatic carbocycles. The first-order valence-corrected chi connectivity index (χ1v) is 9.77. The number of ether oxygens (including phenoxy) is 2. The maximum atomic E-state index is 5.95. The van der Waals surface area contributed by atoms with Crippen molar-refractivity contribution in [2.45, 2.75) is 59.5 Å². The molecule has 2 rings (SSSR count). The van der Waals surface area contributed by atoms with Crippen LogP contribution < -0.4 is 14.8 Å². The van der Waals surface area contributed by atoms with Crippen molar-refractivity contribution >= 4 is 0 Å². The number of nitrogens with one attached hydrogen (secondary N) is 1. The minimum atomic E-state index is 0.0797. The highest BCUT2D eigenvalue weighted by Crippen LogP contribution is 2.30. The van der Waals surface area contributed by atoms with Crippen molar-refractivity contribution in [3.63, 3.8) is 0 Å². The van der Waals surface area contributed by atoms with Crippen molar-refractivity contribution in [3.05, 3.63) is 59.7 Å². The topological polar surface area (TPSA) is 30.5 Å². The van der Waals surface area contributed by atoms with Crippen LogP contribution in [0.25, 0.3) is 0 Å². The molecule has 0 spiro atoms. The third kappa shape index (κ3) is 7.64. The molecule has 0 saturated heterocycles. The van der Waals surface area contributed by atoms with Gasteiger partial charge >= 0.3 is 0 Å². The SMILES string of the molecule is COc1cc(CNC(C)(C)CC(C)(C)C)ccc1OCCc1ccccc1. The largest absolute Gasteiger partial charge is 0.493 e. The molecule has 0 saturated carbocycles. The normalized spacial score (nSPS) is 12.1. The summed E-state index contributed by atoms with van der Waals surface area (Å²) in [6.07, 6.45) is 1.99. The molecule has 0 atom stereocenters. The van der Waals surface area contributed by atoms with Gasteiger partial charge in [-0.05, 0) is 48.9 Å². The molecule has 0 heterocycles. The van der Waals surface area contributed by atoms with E-state index in [1.807, 2.05) is 12.1 Å². The van der Waals surface area contributed by atoms with E-state index in [2.05, 4.69) is 76.3 Å². The first-order valence-electron chi connectivity index (χ1n) is 9.77. The van der Waals surface area contributed by atoms with Crippen molar-refractivity contribution in [2.24, 2.45) is 5.41 Å². The molecule has 0 fully saturated rings. The predicted molar refractivity (Wildman–Crippen MR) is 114 cm³/mol. The van der Waals surface area contributed by atoms with Crippen LogP contribution in [0.5, 0.6) is 11.5 Å². The second kappa shape index (κ2) is 9.27. The van der Waals surface area contributed by atoms with Crippen LogP contribution in [-0.2, 0) is 13.0 Å². The highest BCUT2D eigenvalue weighted by molar-refractivity contribution is 5.43. The van der Waals surface area contributed by atoms with Crippen molar-refractivity contribution in [1.29, 1.82) is 0 Å². The summed E-state index contributed by atoms with van der Waals surface area (Å²) < 4.78 is 11.5. The zero-order valence-electron chi connectivity index (χ0n) is 17.8. The first-order chi connectivity index (χ1) is 12.7. The lowest BCUT2D eigenvalue weighted by molar-refractivity contribution is 0.240. The molecular weight excluding hydrogens is 334 g/mol. The fourth-order valence-corrected chi connectivity index (χ4v) is 3.59. The predicted octanol–water partition coefficient (Wildman–Crippen LogP) is 5.62. The van der Waals surface area contributed by atoms with Crippen molar-refractivity contribution in [2.75, 3.05) is 13.7 Å². The summed E-state index contributed by atoms with van der Waals surface area (Å²) in [7, 11) is 1.69. The Labute approximate surface area is 165 Å². The second-order valence-electron chi connectivity index (χ2n) is 9.04. The Hall–Kier alpha value is -2.00. The van der Waals surface area contributed by atoms with E-state index in [9.17, 15) is 0 Å². The number of methoxy groups -OCH3 is 1. The van der Waals surface area contributed by atoms with Gasteiger partial charge in [0.15, 0.2) is 11.5 Å². The van der Waals surface area contributed by atoms with Gasteiger partial charge in [-0.2, -0.15) is 0 Å². The van der Waals surface area contributed by atoms with E-state index in [-0.39, 0.29) is 5.54 Å². The van der Waals surface area contributed by atoms with E-state index in [4.69, 9.17) is 9.47 Å². The van der Waals surface area contributed by atoms with Crippen molar-refractivity contribution in [1.82, 2.24) is 5.32 Å². The van der Waals surface area contributed by atoms with Crippen LogP contribution in [-0.4, -0.2) is 19.3 Å². The maximum absolute atomic E-state index is 5.95. The van der Waals surface area contributed by atoms with Gasteiger partial charge in [0.1, 0.15) is 0 Å². The van der Waals surface area contributed by atoms with Crippen LogP contribution in [0.15, 0.2) is 48.5 Å².